The van der Waals surface area contributed by atoms with E-state index in [1.165, 1.54) is 28.6 Å². The molecule has 0 aliphatic carbocycles. The van der Waals surface area contributed by atoms with Gasteiger partial charge >= 0.3 is 0 Å². The fraction of sp³-hybridized carbons (Fsp3) is 0.625. The fourth-order valence-corrected chi connectivity index (χ4v) is 6.23. The van der Waals surface area contributed by atoms with E-state index in [0.29, 0.717) is 19.6 Å². The molecule has 1 unspecified atom stereocenters. The topological polar surface area (TPSA) is 95.6 Å². The number of nitrogens with one attached hydrogen (secondary N) is 2. The second kappa shape index (κ2) is 7.71. The van der Waals surface area contributed by atoms with Crippen LogP contribution in [-0.2, 0) is 20.0 Å². The smallest absolute Gasteiger partial charge is 0.243 e. The first-order valence-corrected chi connectivity index (χ1v) is 11.7. The summed E-state index contributed by atoms with van der Waals surface area (Å²) < 4.78 is 54.9. The zero-order valence-corrected chi connectivity index (χ0v) is 15.8. The van der Waals surface area contributed by atoms with Gasteiger partial charge in [0, 0.05) is 25.7 Å². The van der Waals surface area contributed by atoms with Crippen LogP contribution in [0.3, 0.4) is 0 Å². The molecule has 25 heavy (non-hydrogen) atoms. The number of rotatable bonds is 5. The minimum Gasteiger partial charge on any atom is -0.315 e. The molecule has 0 spiro atoms. The van der Waals surface area contributed by atoms with Gasteiger partial charge in [-0.15, -0.1) is 0 Å². The average Bonchev–Trinajstić information content (AvgIpc) is 2.93. The molecule has 2 aliphatic rings. The Hall–Kier alpha value is -1.00. The van der Waals surface area contributed by atoms with Crippen LogP contribution >= 0.6 is 0 Å². The molecule has 2 saturated heterocycles. The average molecular weight is 388 g/mol. The minimum atomic E-state index is -3.74. The molecule has 0 radical (unpaired) electrons. The van der Waals surface area contributed by atoms with E-state index in [9.17, 15) is 16.8 Å². The summed E-state index contributed by atoms with van der Waals surface area (Å²) in [6.07, 6.45) is 4.46. The molecule has 0 bridgehead atoms. The molecular weight excluding hydrogens is 362 g/mol. The molecule has 1 atom stereocenters. The Morgan fingerprint density at radius 3 is 2.32 bits per heavy atom. The van der Waals surface area contributed by atoms with Crippen molar-refractivity contribution in [2.45, 2.75) is 47.9 Å². The van der Waals surface area contributed by atoms with Crippen molar-refractivity contribution in [1.29, 1.82) is 0 Å². The fourth-order valence-electron chi connectivity index (χ4n) is 3.28. The van der Waals surface area contributed by atoms with Crippen LogP contribution in [0.15, 0.2) is 34.1 Å². The van der Waals surface area contributed by atoms with Crippen molar-refractivity contribution in [3.63, 3.8) is 0 Å². The van der Waals surface area contributed by atoms with Crippen LogP contribution < -0.4 is 10.0 Å². The van der Waals surface area contributed by atoms with E-state index in [4.69, 9.17) is 0 Å². The van der Waals surface area contributed by atoms with Gasteiger partial charge in [-0.3, -0.25) is 0 Å². The molecule has 0 aromatic heterocycles. The minimum absolute atomic E-state index is 0.00435. The molecule has 7 nitrogen and oxygen atoms in total. The van der Waals surface area contributed by atoms with Crippen molar-refractivity contribution >= 4 is 20.0 Å². The number of nitrogens with zero attached hydrogens (tertiary/aromatic N) is 1. The Kier molecular flexibility index (Phi) is 5.79. The first-order valence-electron chi connectivity index (χ1n) is 8.73. The molecule has 140 valence electrons. The highest BCUT2D eigenvalue weighted by molar-refractivity contribution is 7.90. The Balaban J connectivity index is 1.85. The molecule has 2 heterocycles. The summed E-state index contributed by atoms with van der Waals surface area (Å²) >= 11 is 0. The van der Waals surface area contributed by atoms with Gasteiger partial charge in [0.25, 0.3) is 0 Å². The Morgan fingerprint density at radius 1 is 1.00 bits per heavy atom. The van der Waals surface area contributed by atoms with Gasteiger partial charge in [-0.05, 0) is 44.0 Å². The third-order valence-electron chi connectivity index (χ3n) is 4.70. The van der Waals surface area contributed by atoms with E-state index < -0.39 is 20.0 Å². The molecule has 2 N–H and O–H groups in total. The summed E-state index contributed by atoms with van der Waals surface area (Å²) in [7, 11) is -7.40. The second-order valence-corrected chi connectivity index (χ2v) is 10.3. The maximum Gasteiger partial charge on any atom is 0.243 e. The first-order chi connectivity index (χ1) is 11.9. The quantitative estimate of drug-likeness (QED) is 0.782. The van der Waals surface area contributed by atoms with Crippen molar-refractivity contribution in [3.8, 4) is 0 Å². The lowest BCUT2D eigenvalue weighted by atomic mass is 10.2. The van der Waals surface area contributed by atoms with Gasteiger partial charge in [0.1, 0.15) is 0 Å². The van der Waals surface area contributed by atoms with E-state index >= 15 is 0 Å². The number of benzene rings is 1. The number of hydrogen-bond acceptors (Lipinski definition) is 5. The number of sulfonamides is 2. The Labute approximate surface area is 149 Å². The van der Waals surface area contributed by atoms with Gasteiger partial charge in [-0.25, -0.2) is 21.6 Å². The van der Waals surface area contributed by atoms with E-state index in [1.54, 1.807) is 0 Å². The summed E-state index contributed by atoms with van der Waals surface area (Å²) in [5, 5.41) is 3.10. The standard InChI is InChI=1S/C16H25N3O4S2/c20-24(21,18-14-8-9-17-13-14)15-6-5-7-16(12-15)25(22,23)19-10-3-1-2-4-11-19/h5-7,12,14,17-18H,1-4,8-11,13H2. The lowest BCUT2D eigenvalue weighted by molar-refractivity contribution is 0.423. The maximum absolute atomic E-state index is 12.9. The van der Waals surface area contributed by atoms with Crippen LogP contribution in [-0.4, -0.2) is 53.4 Å². The van der Waals surface area contributed by atoms with Gasteiger partial charge in [0.2, 0.25) is 20.0 Å². The van der Waals surface area contributed by atoms with Gasteiger partial charge in [0.15, 0.2) is 0 Å². The van der Waals surface area contributed by atoms with Crippen LogP contribution in [0.2, 0.25) is 0 Å². The monoisotopic (exact) mass is 387 g/mol. The molecule has 0 saturated carbocycles. The van der Waals surface area contributed by atoms with Crippen molar-refractivity contribution in [2.24, 2.45) is 0 Å². The van der Waals surface area contributed by atoms with E-state index in [-0.39, 0.29) is 15.8 Å². The van der Waals surface area contributed by atoms with Gasteiger partial charge in [-0.1, -0.05) is 18.9 Å². The highest BCUT2D eigenvalue weighted by Crippen LogP contribution is 2.23. The summed E-state index contributed by atoms with van der Waals surface area (Å²) in [6, 6.07) is 5.51. The van der Waals surface area contributed by atoms with E-state index in [2.05, 4.69) is 10.0 Å². The van der Waals surface area contributed by atoms with Crippen LogP contribution in [0.4, 0.5) is 0 Å². The predicted molar refractivity (Wildman–Crippen MR) is 95.3 cm³/mol. The normalized spacial score (nSPS) is 23.4. The van der Waals surface area contributed by atoms with E-state index in [1.807, 2.05) is 0 Å². The predicted octanol–water partition coefficient (Wildman–Crippen LogP) is 0.892. The van der Waals surface area contributed by atoms with Crippen molar-refractivity contribution in [1.82, 2.24) is 14.3 Å². The molecule has 2 aliphatic heterocycles. The molecule has 1 aromatic carbocycles. The Morgan fingerprint density at radius 2 is 1.68 bits per heavy atom. The third kappa shape index (κ3) is 4.40. The third-order valence-corrected chi connectivity index (χ3v) is 8.11. The summed E-state index contributed by atoms with van der Waals surface area (Å²) in [5.74, 6) is 0. The summed E-state index contributed by atoms with van der Waals surface area (Å²) in [6.45, 7) is 2.35. The molecule has 3 rings (SSSR count). The zero-order valence-electron chi connectivity index (χ0n) is 14.1. The maximum atomic E-state index is 12.9. The van der Waals surface area contributed by atoms with Crippen LogP contribution in [0.5, 0.6) is 0 Å². The molecular formula is C16H25N3O4S2. The second-order valence-electron chi connectivity index (χ2n) is 6.60. The lowest BCUT2D eigenvalue weighted by Gasteiger charge is -2.20. The lowest BCUT2D eigenvalue weighted by Crippen LogP contribution is -2.36. The first kappa shape index (κ1) is 18.8. The summed E-state index contributed by atoms with van der Waals surface area (Å²) in [5.41, 5.74) is 0. The van der Waals surface area contributed by atoms with Gasteiger partial charge in [0.05, 0.1) is 9.79 Å². The highest BCUT2D eigenvalue weighted by Gasteiger charge is 2.28. The number of hydrogen-bond donors (Lipinski definition) is 2. The van der Waals surface area contributed by atoms with Gasteiger partial charge in [-0.2, -0.15) is 4.31 Å². The van der Waals surface area contributed by atoms with Gasteiger partial charge < -0.3 is 5.32 Å². The zero-order chi connectivity index (χ0) is 17.9. The van der Waals surface area contributed by atoms with E-state index in [0.717, 1.165) is 38.6 Å². The Bertz CT molecular complexity index is 794. The molecule has 1 aromatic rings. The van der Waals surface area contributed by atoms with Crippen LogP contribution in [0, 0.1) is 0 Å². The molecule has 0 amide bonds. The largest absolute Gasteiger partial charge is 0.315 e. The van der Waals surface area contributed by atoms with Crippen LogP contribution in [0.25, 0.3) is 0 Å². The SMILES string of the molecule is O=S(=O)(NC1CCNC1)c1cccc(S(=O)(=O)N2CCCCCC2)c1. The van der Waals surface area contributed by atoms with Crippen LogP contribution in [0.1, 0.15) is 32.1 Å². The molecule has 2 fully saturated rings. The van der Waals surface area contributed by atoms with Crippen molar-refractivity contribution in [2.75, 3.05) is 26.2 Å². The van der Waals surface area contributed by atoms with Crippen molar-refractivity contribution in [3.05, 3.63) is 24.3 Å². The molecule has 9 heteroatoms. The summed E-state index contributed by atoms with van der Waals surface area (Å²) in [4.78, 5) is 0.0390. The van der Waals surface area contributed by atoms with Crippen molar-refractivity contribution < 1.29 is 16.8 Å². The highest BCUT2D eigenvalue weighted by atomic mass is 32.2.